The van der Waals surface area contributed by atoms with Crippen molar-refractivity contribution in [2.75, 3.05) is 17.6 Å². The summed E-state index contributed by atoms with van der Waals surface area (Å²) < 4.78 is 4.75. The molecule has 0 radical (unpaired) electrons. The molecule has 0 spiro atoms. The molecule has 5 heteroatoms. The van der Waals surface area contributed by atoms with Crippen molar-refractivity contribution >= 4 is 22.4 Å². The number of nitrogen functional groups attached to an aromatic ring is 1. The minimum atomic E-state index is 0.433. The van der Waals surface area contributed by atoms with Crippen LogP contribution < -0.4 is 11.1 Å². The summed E-state index contributed by atoms with van der Waals surface area (Å²) in [6.07, 6.45) is 4.92. The molecule has 0 unspecified atom stereocenters. The first-order chi connectivity index (χ1) is 9.47. The molecule has 0 saturated carbocycles. The van der Waals surface area contributed by atoms with E-state index in [1.165, 1.54) is 19.3 Å². The van der Waals surface area contributed by atoms with Gasteiger partial charge in [-0.05, 0) is 40.7 Å². The maximum Gasteiger partial charge on any atom is 0.160 e. The van der Waals surface area contributed by atoms with Crippen LogP contribution in [0, 0.1) is 5.41 Å². The highest BCUT2D eigenvalue weighted by molar-refractivity contribution is 5.94. The van der Waals surface area contributed by atoms with Crippen molar-refractivity contribution in [1.29, 1.82) is 0 Å². The molecule has 1 heterocycles. The average molecular weight is 276 g/mol. The number of nitrogens with two attached hydrogens (primary N) is 1. The molecule has 5 nitrogen and oxygen atoms in total. The summed E-state index contributed by atoms with van der Waals surface area (Å²) >= 11 is 0. The Labute approximate surface area is 119 Å². The van der Waals surface area contributed by atoms with Crippen LogP contribution in [0.1, 0.15) is 46.5 Å². The molecular weight excluding hydrogens is 252 g/mol. The van der Waals surface area contributed by atoms with Gasteiger partial charge in [0.2, 0.25) is 0 Å². The van der Waals surface area contributed by atoms with Gasteiger partial charge >= 0.3 is 0 Å². The van der Waals surface area contributed by atoms with Crippen molar-refractivity contribution in [3.8, 4) is 0 Å². The second-order valence-electron chi connectivity index (χ2n) is 6.46. The molecule has 0 fully saturated rings. The van der Waals surface area contributed by atoms with Gasteiger partial charge in [-0.2, -0.15) is 0 Å². The van der Waals surface area contributed by atoms with E-state index in [-0.39, 0.29) is 0 Å². The standard InChI is InChI=1S/C15H24N4O/c1-15(2,3)9-5-4-6-10-17-12-8-7-11(16)13-14(12)19-20-18-13/h7-8,17H,4-6,9-10,16H2,1-3H3. The second kappa shape index (κ2) is 6.11. The van der Waals surface area contributed by atoms with Crippen LogP contribution >= 0.6 is 0 Å². The Morgan fingerprint density at radius 3 is 2.60 bits per heavy atom. The number of unbranched alkanes of at least 4 members (excludes halogenated alkanes) is 2. The van der Waals surface area contributed by atoms with Crippen LogP contribution in [-0.2, 0) is 0 Å². The summed E-state index contributed by atoms with van der Waals surface area (Å²) in [4.78, 5) is 0. The van der Waals surface area contributed by atoms with Gasteiger partial charge in [0, 0.05) is 6.54 Å². The molecule has 0 aliphatic carbocycles. The van der Waals surface area contributed by atoms with Crippen molar-refractivity contribution in [3.05, 3.63) is 12.1 Å². The fourth-order valence-electron chi connectivity index (χ4n) is 2.21. The van der Waals surface area contributed by atoms with E-state index >= 15 is 0 Å². The van der Waals surface area contributed by atoms with Gasteiger partial charge < -0.3 is 11.1 Å². The molecule has 3 N–H and O–H groups in total. The van der Waals surface area contributed by atoms with E-state index < -0.39 is 0 Å². The number of fused-ring (bicyclic) bond motifs is 1. The van der Waals surface area contributed by atoms with Crippen LogP contribution in [-0.4, -0.2) is 16.9 Å². The van der Waals surface area contributed by atoms with Gasteiger partial charge in [-0.15, -0.1) is 0 Å². The minimum absolute atomic E-state index is 0.433. The van der Waals surface area contributed by atoms with E-state index in [4.69, 9.17) is 10.4 Å². The lowest BCUT2D eigenvalue weighted by atomic mass is 9.89. The topological polar surface area (TPSA) is 77.0 Å². The van der Waals surface area contributed by atoms with Crippen LogP contribution in [0.15, 0.2) is 16.8 Å². The monoisotopic (exact) mass is 276 g/mol. The van der Waals surface area contributed by atoms with E-state index in [0.717, 1.165) is 18.7 Å². The summed E-state index contributed by atoms with van der Waals surface area (Å²) in [5.74, 6) is 0. The second-order valence-corrected chi connectivity index (χ2v) is 6.46. The molecule has 20 heavy (non-hydrogen) atoms. The van der Waals surface area contributed by atoms with E-state index in [2.05, 4.69) is 36.4 Å². The van der Waals surface area contributed by atoms with Crippen molar-refractivity contribution in [2.45, 2.75) is 46.5 Å². The number of anilines is 2. The number of rotatable bonds is 6. The number of aromatic nitrogens is 2. The summed E-state index contributed by atoms with van der Waals surface area (Å²) in [5.41, 5.74) is 9.11. The quantitative estimate of drug-likeness (QED) is 0.619. The molecule has 2 aromatic rings. The highest BCUT2D eigenvalue weighted by Gasteiger charge is 2.10. The zero-order valence-electron chi connectivity index (χ0n) is 12.6. The van der Waals surface area contributed by atoms with Crippen LogP contribution in [0.2, 0.25) is 0 Å². The third-order valence-electron chi connectivity index (χ3n) is 3.37. The zero-order chi connectivity index (χ0) is 14.6. The molecular formula is C15H24N4O. The molecule has 1 aromatic carbocycles. The maximum absolute atomic E-state index is 5.81. The first-order valence-electron chi connectivity index (χ1n) is 7.22. The summed E-state index contributed by atoms with van der Waals surface area (Å²) in [6, 6.07) is 3.76. The number of hydrogen-bond acceptors (Lipinski definition) is 5. The van der Waals surface area contributed by atoms with Gasteiger partial charge in [0.25, 0.3) is 0 Å². The number of nitrogens with zero attached hydrogens (tertiary/aromatic N) is 2. The summed E-state index contributed by atoms with van der Waals surface area (Å²) in [5, 5.41) is 11.1. The molecule has 0 aliphatic rings. The third-order valence-corrected chi connectivity index (χ3v) is 3.37. The Morgan fingerprint density at radius 1 is 1.10 bits per heavy atom. The van der Waals surface area contributed by atoms with Crippen molar-refractivity contribution in [2.24, 2.45) is 5.41 Å². The van der Waals surface area contributed by atoms with Crippen molar-refractivity contribution < 1.29 is 4.63 Å². The van der Waals surface area contributed by atoms with E-state index in [1.54, 1.807) is 0 Å². The fourth-order valence-corrected chi connectivity index (χ4v) is 2.21. The van der Waals surface area contributed by atoms with Crippen molar-refractivity contribution in [3.63, 3.8) is 0 Å². The Morgan fingerprint density at radius 2 is 1.85 bits per heavy atom. The molecule has 0 amide bonds. The van der Waals surface area contributed by atoms with Gasteiger partial charge in [-0.25, -0.2) is 4.63 Å². The Balaban J connectivity index is 1.79. The number of hydrogen-bond donors (Lipinski definition) is 2. The maximum atomic E-state index is 5.81. The van der Waals surface area contributed by atoms with E-state index in [9.17, 15) is 0 Å². The largest absolute Gasteiger partial charge is 0.397 e. The van der Waals surface area contributed by atoms with Crippen molar-refractivity contribution in [1.82, 2.24) is 10.3 Å². The lowest BCUT2D eigenvalue weighted by molar-refractivity contribution is 0.315. The Hall–Kier alpha value is -1.78. The highest BCUT2D eigenvalue weighted by atomic mass is 16.6. The van der Waals surface area contributed by atoms with Crippen LogP contribution in [0.25, 0.3) is 11.0 Å². The lowest BCUT2D eigenvalue weighted by Crippen LogP contribution is -2.06. The average Bonchev–Trinajstić information content (AvgIpc) is 2.85. The number of nitrogens with one attached hydrogen (secondary N) is 1. The molecule has 0 bridgehead atoms. The van der Waals surface area contributed by atoms with Gasteiger partial charge in [0.1, 0.15) is 0 Å². The predicted octanol–water partition coefficient (Wildman–Crippen LogP) is 3.82. The summed E-state index contributed by atoms with van der Waals surface area (Å²) in [7, 11) is 0. The minimum Gasteiger partial charge on any atom is -0.397 e. The van der Waals surface area contributed by atoms with Crippen LogP contribution in [0.5, 0.6) is 0 Å². The third kappa shape index (κ3) is 3.85. The molecule has 2 rings (SSSR count). The molecule has 0 saturated heterocycles. The highest BCUT2D eigenvalue weighted by Crippen LogP contribution is 2.25. The molecule has 0 atom stereocenters. The van der Waals surface area contributed by atoms with Gasteiger partial charge in [-0.3, -0.25) is 0 Å². The first kappa shape index (κ1) is 14.6. The van der Waals surface area contributed by atoms with Gasteiger partial charge in [-0.1, -0.05) is 33.6 Å². The smallest absolute Gasteiger partial charge is 0.160 e. The zero-order valence-corrected chi connectivity index (χ0v) is 12.6. The SMILES string of the molecule is CC(C)(C)CCCCCNc1ccc(N)c2nonc12. The summed E-state index contributed by atoms with van der Waals surface area (Å²) in [6.45, 7) is 7.78. The van der Waals surface area contributed by atoms with Crippen LogP contribution in [0.3, 0.4) is 0 Å². The van der Waals surface area contributed by atoms with Gasteiger partial charge in [0.05, 0.1) is 11.4 Å². The Bertz CT molecular complexity index is 556. The molecule has 0 aliphatic heterocycles. The first-order valence-corrected chi connectivity index (χ1v) is 7.22. The lowest BCUT2D eigenvalue weighted by Gasteiger charge is -2.17. The number of benzene rings is 1. The van der Waals surface area contributed by atoms with Crippen LogP contribution in [0.4, 0.5) is 11.4 Å². The molecule has 1 aromatic heterocycles. The Kier molecular flexibility index (Phi) is 4.47. The normalized spacial score (nSPS) is 11.9. The predicted molar refractivity (Wildman–Crippen MR) is 82.6 cm³/mol. The molecule has 110 valence electrons. The van der Waals surface area contributed by atoms with E-state index in [1.807, 2.05) is 12.1 Å². The van der Waals surface area contributed by atoms with Gasteiger partial charge in [0.15, 0.2) is 11.0 Å². The fraction of sp³-hybridized carbons (Fsp3) is 0.600. The van der Waals surface area contributed by atoms with E-state index in [0.29, 0.717) is 22.1 Å².